The van der Waals surface area contributed by atoms with Crippen molar-refractivity contribution in [3.63, 3.8) is 0 Å². The van der Waals surface area contributed by atoms with Crippen molar-refractivity contribution >= 4 is 16.8 Å². The van der Waals surface area contributed by atoms with Crippen molar-refractivity contribution < 1.29 is 0 Å². The van der Waals surface area contributed by atoms with E-state index in [0.29, 0.717) is 0 Å². The van der Waals surface area contributed by atoms with Crippen molar-refractivity contribution in [1.29, 1.82) is 0 Å². The minimum absolute atomic E-state index is 1.14. The number of allylic oxidation sites excluding steroid dienone is 1. The molecule has 0 unspecified atom stereocenters. The van der Waals surface area contributed by atoms with Gasteiger partial charge in [0.05, 0.1) is 0 Å². The molecule has 1 aliphatic rings. The molecule has 3 aromatic carbocycles. The largest absolute Gasteiger partial charge is 0.0836 e. The Morgan fingerprint density at radius 3 is 2.71 bits per heavy atom. The van der Waals surface area contributed by atoms with Crippen LogP contribution in [-0.4, -0.2) is 0 Å². The molecule has 3 aromatic rings. The van der Waals surface area contributed by atoms with Crippen LogP contribution in [0.3, 0.4) is 0 Å². The van der Waals surface area contributed by atoms with Crippen LogP contribution in [-0.2, 0) is 6.42 Å². The van der Waals surface area contributed by atoms with E-state index in [9.17, 15) is 0 Å². The Bertz CT molecular complexity index is 853. The van der Waals surface area contributed by atoms with Gasteiger partial charge < -0.3 is 0 Å². The third-order valence-electron chi connectivity index (χ3n) is 4.38. The number of aryl methyl sites for hydroxylation is 2. The van der Waals surface area contributed by atoms with Crippen LogP contribution in [0.25, 0.3) is 28.0 Å². The Balaban J connectivity index is 2.08. The maximum atomic E-state index is 2.35. The van der Waals surface area contributed by atoms with Crippen molar-refractivity contribution in [2.24, 2.45) is 0 Å². The van der Waals surface area contributed by atoms with Gasteiger partial charge in [-0.2, -0.15) is 0 Å². The van der Waals surface area contributed by atoms with Crippen molar-refractivity contribution in [1.82, 2.24) is 0 Å². The van der Waals surface area contributed by atoms with Gasteiger partial charge in [0.25, 0.3) is 0 Å². The summed E-state index contributed by atoms with van der Waals surface area (Å²) in [6.07, 6.45) is 6.90. The number of rotatable bonds is 1. The first kappa shape index (κ1) is 12.4. The standard InChI is InChI=1S/C21H18/c1-15-7-6-9-16(13-15)21-14-17-8-2-3-10-18(17)19-11-4-5-12-20(19)21/h2-3,5-10,12-14H,4,11H2,1H3. The van der Waals surface area contributed by atoms with E-state index in [1.807, 2.05) is 0 Å². The Morgan fingerprint density at radius 2 is 1.81 bits per heavy atom. The summed E-state index contributed by atoms with van der Waals surface area (Å²) in [7, 11) is 0. The van der Waals surface area contributed by atoms with Gasteiger partial charge in [-0.05, 0) is 58.9 Å². The lowest BCUT2D eigenvalue weighted by Gasteiger charge is -2.19. The number of hydrogen-bond acceptors (Lipinski definition) is 0. The van der Waals surface area contributed by atoms with E-state index in [2.05, 4.69) is 73.7 Å². The summed E-state index contributed by atoms with van der Waals surface area (Å²) in [4.78, 5) is 0. The van der Waals surface area contributed by atoms with Crippen molar-refractivity contribution in [3.05, 3.63) is 77.4 Å². The highest BCUT2D eigenvalue weighted by molar-refractivity contribution is 5.96. The zero-order valence-electron chi connectivity index (χ0n) is 12.3. The molecule has 0 nitrogen and oxygen atoms in total. The molecule has 0 aliphatic heterocycles. The normalized spacial score (nSPS) is 13.4. The molecule has 4 rings (SSSR count). The zero-order valence-corrected chi connectivity index (χ0v) is 12.3. The maximum absolute atomic E-state index is 2.35. The summed E-state index contributed by atoms with van der Waals surface area (Å²) in [5.74, 6) is 0. The van der Waals surface area contributed by atoms with Gasteiger partial charge in [-0.15, -0.1) is 0 Å². The van der Waals surface area contributed by atoms with Gasteiger partial charge in [-0.1, -0.05) is 66.2 Å². The highest BCUT2D eigenvalue weighted by Crippen LogP contribution is 2.36. The first-order valence-electron chi connectivity index (χ1n) is 7.61. The van der Waals surface area contributed by atoms with Gasteiger partial charge >= 0.3 is 0 Å². The van der Waals surface area contributed by atoms with Gasteiger partial charge in [0.1, 0.15) is 0 Å². The molecule has 0 spiro atoms. The Hall–Kier alpha value is -2.34. The van der Waals surface area contributed by atoms with Crippen molar-refractivity contribution in [2.75, 3.05) is 0 Å². The molecule has 1 aliphatic carbocycles. The summed E-state index contributed by atoms with van der Waals surface area (Å²) >= 11 is 0. The average molecular weight is 270 g/mol. The van der Waals surface area contributed by atoms with Gasteiger partial charge in [0.2, 0.25) is 0 Å². The zero-order chi connectivity index (χ0) is 14.2. The summed E-state index contributed by atoms with van der Waals surface area (Å²) in [6, 6.07) is 19.9. The number of hydrogen-bond donors (Lipinski definition) is 0. The van der Waals surface area contributed by atoms with Crippen molar-refractivity contribution in [2.45, 2.75) is 19.8 Å². The van der Waals surface area contributed by atoms with Gasteiger partial charge in [0, 0.05) is 0 Å². The second-order valence-electron chi connectivity index (χ2n) is 5.85. The highest BCUT2D eigenvalue weighted by atomic mass is 14.2. The molecular weight excluding hydrogens is 252 g/mol. The first-order chi connectivity index (χ1) is 10.3. The average Bonchev–Trinajstić information content (AvgIpc) is 2.54. The fourth-order valence-corrected chi connectivity index (χ4v) is 3.38. The second-order valence-corrected chi connectivity index (χ2v) is 5.85. The molecule has 0 radical (unpaired) electrons. The lowest BCUT2D eigenvalue weighted by Crippen LogP contribution is -1.98. The Kier molecular flexibility index (Phi) is 2.89. The molecule has 102 valence electrons. The molecule has 0 atom stereocenters. The van der Waals surface area contributed by atoms with Gasteiger partial charge in [-0.25, -0.2) is 0 Å². The molecule has 21 heavy (non-hydrogen) atoms. The number of benzene rings is 3. The summed E-state index contributed by atoms with van der Waals surface area (Å²) in [5.41, 5.74) is 6.92. The van der Waals surface area contributed by atoms with Crippen LogP contribution in [0, 0.1) is 6.92 Å². The van der Waals surface area contributed by atoms with Crippen LogP contribution < -0.4 is 0 Å². The van der Waals surface area contributed by atoms with E-state index < -0.39 is 0 Å². The van der Waals surface area contributed by atoms with E-state index >= 15 is 0 Å². The molecular formula is C21H18. The van der Waals surface area contributed by atoms with Crippen LogP contribution in [0.1, 0.15) is 23.1 Å². The predicted octanol–water partition coefficient (Wildman–Crippen LogP) is 5.77. The highest BCUT2D eigenvalue weighted by Gasteiger charge is 2.14. The maximum Gasteiger partial charge on any atom is -0.0102 e. The second kappa shape index (κ2) is 4.89. The summed E-state index contributed by atoms with van der Waals surface area (Å²) in [6.45, 7) is 2.16. The summed E-state index contributed by atoms with van der Waals surface area (Å²) < 4.78 is 0. The smallest absolute Gasteiger partial charge is 0.0102 e. The van der Waals surface area contributed by atoms with Crippen LogP contribution >= 0.6 is 0 Å². The predicted molar refractivity (Wildman–Crippen MR) is 91.5 cm³/mol. The quantitative estimate of drug-likeness (QED) is 0.526. The minimum atomic E-state index is 1.14. The molecule has 0 heteroatoms. The molecule has 0 aromatic heterocycles. The van der Waals surface area contributed by atoms with E-state index in [-0.39, 0.29) is 0 Å². The van der Waals surface area contributed by atoms with Crippen LogP contribution in [0.4, 0.5) is 0 Å². The van der Waals surface area contributed by atoms with E-state index in [1.54, 1.807) is 0 Å². The molecule has 0 fully saturated rings. The fraction of sp³-hybridized carbons (Fsp3) is 0.143. The fourth-order valence-electron chi connectivity index (χ4n) is 3.38. The topological polar surface area (TPSA) is 0 Å². The molecule has 0 saturated heterocycles. The van der Waals surface area contributed by atoms with E-state index in [0.717, 1.165) is 12.8 Å². The number of fused-ring (bicyclic) bond motifs is 3. The van der Waals surface area contributed by atoms with Crippen LogP contribution in [0.2, 0.25) is 0 Å². The Labute approximate surface area is 125 Å². The molecule has 0 saturated carbocycles. The third-order valence-corrected chi connectivity index (χ3v) is 4.38. The van der Waals surface area contributed by atoms with Crippen LogP contribution in [0.5, 0.6) is 0 Å². The molecule has 0 N–H and O–H groups in total. The Morgan fingerprint density at radius 1 is 0.905 bits per heavy atom. The lowest BCUT2D eigenvalue weighted by molar-refractivity contribution is 0.998. The monoisotopic (exact) mass is 270 g/mol. The van der Waals surface area contributed by atoms with Gasteiger partial charge in [-0.3, -0.25) is 0 Å². The van der Waals surface area contributed by atoms with Gasteiger partial charge in [0.15, 0.2) is 0 Å². The third kappa shape index (κ3) is 2.08. The minimum Gasteiger partial charge on any atom is -0.0836 e. The molecule has 0 bridgehead atoms. The molecule has 0 heterocycles. The van der Waals surface area contributed by atoms with Crippen molar-refractivity contribution in [3.8, 4) is 11.1 Å². The van der Waals surface area contributed by atoms with E-state index in [4.69, 9.17) is 0 Å². The molecule has 0 amide bonds. The SMILES string of the molecule is Cc1cccc(-c2cc3ccccc3c3c2C=CCC3)c1. The summed E-state index contributed by atoms with van der Waals surface area (Å²) in [5, 5.41) is 2.76. The lowest BCUT2D eigenvalue weighted by atomic mass is 9.85. The van der Waals surface area contributed by atoms with Crippen LogP contribution in [0.15, 0.2) is 60.7 Å². The first-order valence-corrected chi connectivity index (χ1v) is 7.61. The van der Waals surface area contributed by atoms with E-state index in [1.165, 1.54) is 38.6 Å².